The van der Waals surface area contributed by atoms with Crippen molar-refractivity contribution in [2.75, 3.05) is 6.54 Å². The van der Waals surface area contributed by atoms with Crippen LogP contribution in [0.15, 0.2) is 30.6 Å². The number of nitrogens with one attached hydrogen (secondary N) is 1. The topological polar surface area (TPSA) is 79.0 Å². The van der Waals surface area contributed by atoms with Crippen LogP contribution in [0, 0.1) is 5.82 Å². The summed E-state index contributed by atoms with van der Waals surface area (Å²) >= 11 is 0. The van der Waals surface area contributed by atoms with E-state index in [9.17, 15) is 12.8 Å². The average Bonchev–Trinajstić information content (AvgIpc) is 3.04. The summed E-state index contributed by atoms with van der Waals surface area (Å²) in [5.41, 5.74) is 0.185. The Morgan fingerprint density at radius 2 is 2.14 bits per heavy atom. The molecule has 0 aliphatic carbocycles. The van der Waals surface area contributed by atoms with Crippen molar-refractivity contribution in [1.82, 2.24) is 19.5 Å². The summed E-state index contributed by atoms with van der Waals surface area (Å²) in [5, 5.41) is 6.54. The van der Waals surface area contributed by atoms with Crippen LogP contribution in [0.2, 0.25) is 0 Å². The molecule has 118 valence electrons. The van der Waals surface area contributed by atoms with Gasteiger partial charge in [0.05, 0.1) is 11.8 Å². The van der Waals surface area contributed by atoms with Crippen molar-refractivity contribution in [3.63, 3.8) is 0 Å². The van der Waals surface area contributed by atoms with Crippen molar-refractivity contribution in [2.45, 2.75) is 31.1 Å². The molecule has 1 fully saturated rings. The van der Waals surface area contributed by atoms with Gasteiger partial charge in [-0.15, -0.1) is 0 Å². The number of H-pyrrole nitrogens is 1. The van der Waals surface area contributed by atoms with E-state index >= 15 is 0 Å². The van der Waals surface area contributed by atoms with E-state index in [2.05, 4.69) is 15.2 Å². The van der Waals surface area contributed by atoms with Crippen LogP contribution in [0.5, 0.6) is 0 Å². The number of hydrogen-bond acceptors (Lipinski definition) is 4. The highest BCUT2D eigenvalue weighted by molar-refractivity contribution is 7.88. The van der Waals surface area contributed by atoms with E-state index in [1.54, 1.807) is 12.1 Å². The number of benzene rings is 1. The fourth-order valence-corrected chi connectivity index (χ4v) is 4.57. The zero-order valence-corrected chi connectivity index (χ0v) is 12.8. The van der Waals surface area contributed by atoms with Gasteiger partial charge in [0, 0.05) is 12.1 Å². The second-order valence-electron chi connectivity index (χ2n) is 5.34. The lowest BCUT2D eigenvalue weighted by atomic mass is 10.0. The molecule has 1 aliphatic rings. The van der Waals surface area contributed by atoms with Crippen LogP contribution in [-0.4, -0.2) is 34.4 Å². The zero-order valence-electron chi connectivity index (χ0n) is 11.9. The number of aromatic nitrogens is 3. The van der Waals surface area contributed by atoms with Crippen molar-refractivity contribution in [2.24, 2.45) is 0 Å². The van der Waals surface area contributed by atoms with Gasteiger partial charge in [0.1, 0.15) is 18.0 Å². The molecular formula is C14H17FN4O2S. The van der Waals surface area contributed by atoms with Crippen molar-refractivity contribution in [3.8, 4) is 0 Å². The Morgan fingerprint density at radius 1 is 1.32 bits per heavy atom. The first-order valence-corrected chi connectivity index (χ1v) is 8.77. The molecule has 6 nitrogen and oxygen atoms in total. The van der Waals surface area contributed by atoms with E-state index in [1.807, 2.05) is 0 Å². The number of rotatable bonds is 4. The Morgan fingerprint density at radius 3 is 2.86 bits per heavy atom. The lowest BCUT2D eigenvalue weighted by Crippen LogP contribution is -2.39. The molecule has 0 bridgehead atoms. The number of hydrogen-bond donors (Lipinski definition) is 1. The fraction of sp³-hybridized carbons (Fsp3) is 0.429. The Bertz CT molecular complexity index is 733. The first-order chi connectivity index (χ1) is 10.6. The molecular weight excluding hydrogens is 307 g/mol. The van der Waals surface area contributed by atoms with E-state index in [-0.39, 0.29) is 17.4 Å². The minimum atomic E-state index is -3.63. The van der Waals surface area contributed by atoms with E-state index in [1.165, 1.54) is 22.8 Å². The molecule has 2 heterocycles. The maximum absolute atomic E-state index is 13.7. The van der Waals surface area contributed by atoms with Crippen LogP contribution in [-0.2, 0) is 15.8 Å². The van der Waals surface area contributed by atoms with Gasteiger partial charge in [0.25, 0.3) is 0 Å². The second-order valence-corrected chi connectivity index (χ2v) is 7.26. The summed E-state index contributed by atoms with van der Waals surface area (Å²) < 4.78 is 40.6. The van der Waals surface area contributed by atoms with E-state index < -0.39 is 15.8 Å². The Balaban J connectivity index is 1.88. The van der Waals surface area contributed by atoms with Crippen LogP contribution < -0.4 is 0 Å². The van der Waals surface area contributed by atoms with Crippen LogP contribution in [0.3, 0.4) is 0 Å². The monoisotopic (exact) mass is 324 g/mol. The SMILES string of the molecule is O=S(=O)(Cc1ccccc1F)N1CCCCC1c1ncn[nH]1. The van der Waals surface area contributed by atoms with Gasteiger partial charge in [-0.3, -0.25) is 5.10 Å². The average molecular weight is 324 g/mol. The molecule has 1 atom stereocenters. The summed E-state index contributed by atoms with van der Waals surface area (Å²) in [5.74, 6) is -0.305. The molecule has 8 heteroatoms. The minimum Gasteiger partial charge on any atom is -0.262 e. The van der Waals surface area contributed by atoms with Gasteiger partial charge < -0.3 is 0 Å². The maximum Gasteiger partial charge on any atom is 0.219 e. The number of nitrogens with zero attached hydrogens (tertiary/aromatic N) is 3. The van der Waals surface area contributed by atoms with Crippen molar-refractivity contribution in [1.29, 1.82) is 0 Å². The molecule has 0 saturated carbocycles. The molecule has 1 aromatic carbocycles. The highest BCUT2D eigenvalue weighted by Gasteiger charge is 2.35. The Hall–Kier alpha value is -1.80. The number of sulfonamides is 1. The van der Waals surface area contributed by atoms with Crippen LogP contribution in [0.4, 0.5) is 4.39 Å². The Kier molecular flexibility index (Phi) is 4.21. The van der Waals surface area contributed by atoms with Crippen molar-refractivity contribution >= 4 is 10.0 Å². The molecule has 1 aliphatic heterocycles. The lowest BCUT2D eigenvalue weighted by molar-refractivity contribution is 0.246. The molecule has 0 spiro atoms. The van der Waals surface area contributed by atoms with Crippen LogP contribution in [0.25, 0.3) is 0 Å². The summed E-state index contributed by atoms with van der Waals surface area (Å²) in [6.45, 7) is 0.419. The van der Waals surface area contributed by atoms with Gasteiger partial charge in [-0.2, -0.15) is 9.40 Å². The van der Waals surface area contributed by atoms with Gasteiger partial charge in [-0.25, -0.2) is 17.8 Å². The predicted molar refractivity (Wildman–Crippen MR) is 78.7 cm³/mol. The standard InChI is InChI=1S/C14H17FN4O2S/c15-12-6-2-1-5-11(12)9-22(20,21)19-8-4-3-7-13(19)14-16-10-17-18-14/h1-2,5-6,10,13H,3-4,7-9H2,(H,16,17,18). The predicted octanol–water partition coefficient (Wildman–Crippen LogP) is 2.00. The number of piperidine rings is 1. The van der Waals surface area contributed by atoms with Gasteiger partial charge in [-0.1, -0.05) is 24.6 Å². The molecule has 3 rings (SSSR count). The van der Waals surface area contributed by atoms with Gasteiger partial charge in [0.15, 0.2) is 0 Å². The van der Waals surface area contributed by atoms with E-state index in [4.69, 9.17) is 0 Å². The fourth-order valence-electron chi connectivity index (χ4n) is 2.78. The maximum atomic E-state index is 13.7. The zero-order chi connectivity index (χ0) is 15.6. The first kappa shape index (κ1) is 15.1. The van der Waals surface area contributed by atoms with Crippen molar-refractivity contribution < 1.29 is 12.8 Å². The van der Waals surface area contributed by atoms with Crippen LogP contribution in [0.1, 0.15) is 36.7 Å². The number of aromatic amines is 1. The van der Waals surface area contributed by atoms with Gasteiger partial charge in [0.2, 0.25) is 10.0 Å². The summed E-state index contributed by atoms with van der Waals surface area (Å²) in [4.78, 5) is 4.08. The van der Waals surface area contributed by atoms with Gasteiger partial charge in [-0.05, 0) is 18.9 Å². The first-order valence-electron chi connectivity index (χ1n) is 7.16. The molecule has 0 radical (unpaired) electrons. The highest BCUT2D eigenvalue weighted by Crippen LogP contribution is 2.32. The smallest absolute Gasteiger partial charge is 0.219 e. The molecule has 1 unspecified atom stereocenters. The normalized spacial score (nSPS) is 20.1. The summed E-state index contributed by atoms with van der Waals surface area (Å²) in [7, 11) is -3.63. The molecule has 1 N–H and O–H groups in total. The molecule has 0 amide bonds. The third-order valence-corrected chi connectivity index (χ3v) is 5.68. The Labute approximate surface area is 128 Å². The van der Waals surface area contributed by atoms with Crippen molar-refractivity contribution in [3.05, 3.63) is 47.8 Å². The quantitative estimate of drug-likeness (QED) is 0.933. The minimum absolute atomic E-state index is 0.185. The summed E-state index contributed by atoms with van der Waals surface area (Å²) in [6, 6.07) is 5.60. The molecule has 22 heavy (non-hydrogen) atoms. The third kappa shape index (κ3) is 3.02. The lowest BCUT2D eigenvalue weighted by Gasteiger charge is -2.33. The second kappa shape index (κ2) is 6.13. The largest absolute Gasteiger partial charge is 0.262 e. The number of halogens is 1. The van der Waals surface area contributed by atoms with Crippen LogP contribution >= 0.6 is 0 Å². The molecule has 1 saturated heterocycles. The molecule has 2 aromatic rings. The highest BCUT2D eigenvalue weighted by atomic mass is 32.2. The van der Waals surface area contributed by atoms with E-state index in [0.29, 0.717) is 18.8 Å². The summed E-state index contributed by atoms with van der Waals surface area (Å²) in [6.07, 6.45) is 3.77. The van der Waals surface area contributed by atoms with E-state index in [0.717, 1.165) is 12.8 Å². The van der Waals surface area contributed by atoms with Gasteiger partial charge >= 0.3 is 0 Å². The molecule has 1 aromatic heterocycles. The third-order valence-electron chi connectivity index (χ3n) is 3.86.